The Labute approximate surface area is 94.5 Å². The molecular weight excluding hydrogens is 202 g/mol. The maximum atomic E-state index is 11.2. The molecule has 0 saturated carbocycles. The van der Waals surface area contributed by atoms with Crippen LogP contribution in [0.5, 0.6) is 0 Å². The van der Waals surface area contributed by atoms with Crippen LogP contribution in [0, 0.1) is 0 Å². The van der Waals surface area contributed by atoms with Gasteiger partial charge in [0.2, 0.25) is 0 Å². The van der Waals surface area contributed by atoms with Crippen molar-refractivity contribution in [3.63, 3.8) is 0 Å². The molecule has 1 heterocycles. The molecule has 1 aliphatic rings. The molecule has 0 aliphatic carbocycles. The van der Waals surface area contributed by atoms with Crippen molar-refractivity contribution in [2.45, 2.75) is 6.42 Å². The van der Waals surface area contributed by atoms with Gasteiger partial charge >= 0.3 is 0 Å². The molecule has 16 heavy (non-hydrogen) atoms. The first kappa shape index (κ1) is 11.9. The highest BCUT2D eigenvalue weighted by atomic mass is 16.2. The van der Waals surface area contributed by atoms with Gasteiger partial charge in [-0.2, -0.15) is 0 Å². The number of carbonyl (C=O) groups is 2. The molecule has 2 amide bonds. The molecule has 0 radical (unpaired) electrons. The lowest BCUT2D eigenvalue weighted by Crippen LogP contribution is -2.22. The first-order chi connectivity index (χ1) is 7.75. The lowest BCUT2D eigenvalue weighted by atomic mass is 10.1. The summed E-state index contributed by atoms with van der Waals surface area (Å²) in [6.07, 6.45) is 1.87. The van der Waals surface area contributed by atoms with Crippen molar-refractivity contribution >= 4 is 11.8 Å². The van der Waals surface area contributed by atoms with Gasteiger partial charge in [0.25, 0.3) is 11.8 Å². The van der Waals surface area contributed by atoms with E-state index in [4.69, 9.17) is 0 Å². The summed E-state index contributed by atoms with van der Waals surface area (Å²) in [4.78, 5) is 22.0. The average Bonchev–Trinajstić information content (AvgIpc) is 2.62. The Bertz CT molecular complexity index is 421. The molecule has 1 aromatic carbocycles. The molecule has 1 aromatic rings. The zero-order chi connectivity index (χ0) is 12.0. The molecule has 0 saturated heterocycles. The quantitative estimate of drug-likeness (QED) is 0.602. The molecule has 0 spiro atoms. The first-order valence-electron chi connectivity index (χ1n) is 4.85. The Hall–Kier alpha value is -2.16. The third-order valence-corrected chi connectivity index (χ3v) is 2.07. The van der Waals surface area contributed by atoms with Crippen molar-refractivity contribution in [3.05, 3.63) is 60.7 Å². The molecule has 82 valence electrons. The molecule has 0 atom stereocenters. The van der Waals surface area contributed by atoms with Gasteiger partial charge in [-0.25, -0.2) is 0 Å². The number of nitrogens with one attached hydrogen (secondary N) is 1. The number of hydrogen-bond acceptors (Lipinski definition) is 2. The second kappa shape index (κ2) is 5.66. The van der Waals surface area contributed by atoms with E-state index in [2.05, 4.69) is 18.5 Å². The Kier molecular flexibility index (Phi) is 4.21. The predicted octanol–water partition coefficient (Wildman–Crippen LogP) is 1.61. The summed E-state index contributed by atoms with van der Waals surface area (Å²) in [6, 6.07) is 9.58. The van der Waals surface area contributed by atoms with Crippen molar-refractivity contribution in [1.82, 2.24) is 5.32 Å². The second-order valence-electron chi connectivity index (χ2n) is 3.15. The smallest absolute Gasteiger partial charge is 0.254 e. The number of benzene rings is 1. The van der Waals surface area contributed by atoms with Gasteiger partial charge in [-0.05, 0) is 5.56 Å². The minimum absolute atomic E-state index is 0.279. The largest absolute Gasteiger partial charge is 0.289 e. The second-order valence-corrected chi connectivity index (χ2v) is 3.15. The van der Waals surface area contributed by atoms with Gasteiger partial charge in [0.1, 0.15) is 0 Å². The van der Waals surface area contributed by atoms with Crippen LogP contribution in [0.1, 0.15) is 5.56 Å². The number of amides is 2. The fourth-order valence-electron chi connectivity index (χ4n) is 1.40. The van der Waals surface area contributed by atoms with Gasteiger partial charge in [0, 0.05) is 18.1 Å². The number of hydrogen-bond donors (Lipinski definition) is 1. The molecule has 1 aliphatic heterocycles. The first-order valence-corrected chi connectivity index (χ1v) is 4.85. The van der Waals surface area contributed by atoms with E-state index in [-0.39, 0.29) is 11.8 Å². The average molecular weight is 215 g/mol. The molecule has 0 bridgehead atoms. The van der Waals surface area contributed by atoms with Crippen LogP contribution in [0.2, 0.25) is 0 Å². The topological polar surface area (TPSA) is 46.2 Å². The summed E-state index contributed by atoms with van der Waals surface area (Å²) in [6.45, 7) is 6.00. The van der Waals surface area contributed by atoms with E-state index in [0.717, 1.165) is 5.56 Å². The van der Waals surface area contributed by atoms with Crippen molar-refractivity contribution in [2.75, 3.05) is 0 Å². The highest BCUT2D eigenvalue weighted by Gasteiger charge is 2.20. The van der Waals surface area contributed by atoms with E-state index < -0.39 is 0 Å². The van der Waals surface area contributed by atoms with Gasteiger partial charge in [0.15, 0.2) is 0 Å². The molecule has 3 heteroatoms. The zero-order valence-corrected chi connectivity index (χ0v) is 8.90. The monoisotopic (exact) mass is 215 g/mol. The molecule has 0 fully saturated rings. The van der Waals surface area contributed by atoms with E-state index in [0.29, 0.717) is 12.0 Å². The molecule has 0 aromatic heterocycles. The highest BCUT2D eigenvalue weighted by molar-refractivity contribution is 6.16. The van der Waals surface area contributed by atoms with E-state index in [1.165, 1.54) is 6.08 Å². The van der Waals surface area contributed by atoms with Crippen molar-refractivity contribution in [1.29, 1.82) is 0 Å². The third-order valence-electron chi connectivity index (χ3n) is 2.07. The van der Waals surface area contributed by atoms with E-state index >= 15 is 0 Å². The van der Waals surface area contributed by atoms with Crippen LogP contribution in [0.25, 0.3) is 0 Å². The Morgan fingerprint density at radius 2 is 1.69 bits per heavy atom. The summed E-state index contributed by atoms with van der Waals surface area (Å²) in [5.74, 6) is -0.597. The summed E-state index contributed by atoms with van der Waals surface area (Å²) >= 11 is 0. The minimum Gasteiger partial charge on any atom is -0.289 e. The summed E-state index contributed by atoms with van der Waals surface area (Å²) in [5.41, 5.74) is 1.56. The third kappa shape index (κ3) is 2.92. The molecule has 1 N–H and O–H groups in total. The van der Waals surface area contributed by atoms with Crippen LogP contribution in [0.15, 0.2) is 55.1 Å². The molecule has 3 nitrogen and oxygen atoms in total. The maximum Gasteiger partial charge on any atom is 0.254 e. The van der Waals surface area contributed by atoms with Crippen molar-refractivity contribution in [3.8, 4) is 0 Å². The van der Waals surface area contributed by atoms with E-state index in [1.807, 2.05) is 30.3 Å². The lowest BCUT2D eigenvalue weighted by Gasteiger charge is -1.99. The van der Waals surface area contributed by atoms with Gasteiger partial charge < -0.3 is 0 Å². The van der Waals surface area contributed by atoms with E-state index in [9.17, 15) is 9.59 Å². The molecule has 0 unspecified atom stereocenters. The van der Waals surface area contributed by atoms with Crippen molar-refractivity contribution in [2.24, 2.45) is 0 Å². The standard InChI is InChI=1S/C11H9NO2.C2H4/c13-10-7-9(11(14)12-10)6-8-4-2-1-3-5-8;1-2/h1-5,7H,6H2,(H,12,13,14);1-2H2. The van der Waals surface area contributed by atoms with Crippen LogP contribution in [0.3, 0.4) is 0 Å². The summed E-state index contributed by atoms with van der Waals surface area (Å²) in [7, 11) is 0. The molecular formula is C13H13NO2. The minimum atomic E-state index is -0.319. The number of imide groups is 1. The van der Waals surface area contributed by atoms with Crippen LogP contribution in [-0.4, -0.2) is 11.8 Å². The molecule has 2 rings (SSSR count). The Morgan fingerprint density at radius 1 is 1.06 bits per heavy atom. The SMILES string of the molecule is C=C.O=C1C=C(Cc2ccccc2)C(=O)N1. The zero-order valence-electron chi connectivity index (χ0n) is 8.90. The number of rotatable bonds is 2. The van der Waals surface area contributed by atoms with Crippen LogP contribution < -0.4 is 5.32 Å². The van der Waals surface area contributed by atoms with Gasteiger partial charge in [-0.1, -0.05) is 30.3 Å². The lowest BCUT2D eigenvalue weighted by molar-refractivity contribution is -0.123. The summed E-state index contributed by atoms with van der Waals surface area (Å²) < 4.78 is 0. The van der Waals surface area contributed by atoms with Crippen LogP contribution >= 0.6 is 0 Å². The Morgan fingerprint density at radius 3 is 2.19 bits per heavy atom. The van der Waals surface area contributed by atoms with E-state index in [1.54, 1.807) is 0 Å². The number of carbonyl (C=O) groups excluding carboxylic acids is 2. The maximum absolute atomic E-state index is 11.2. The predicted molar refractivity (Wildman–Crippen MR) is 62.6 cm³/mol. The fourth-order valence-corrected chi connectivity index (χ4v) is 1.40. The normalized spacial score (nSPS) is 13.6. The van der Waals surface area contributed by atoms with Crippen LogP contribution in [-0.2, 0) is 16.0 Å². The van der Waals surface area contributed by atoms with Crippen LogP contribution in [0.4, 0.5) is 0 Å². The van der Waals surface area contributed by atoms with Crippen molar-refractivity contribution < 1.29 is 9.59 Å². The summed E-state index contributed by atoms with van der Waals surface area (Å²) in [5, 5.41) is 2.22. The van der Waals surface area contributed by atoms with Gasteiger partial charge in [-0.3, -0.25) is 14.9 Å². The highest BCUT2D eigenvalue weighted by Crippen LogP contribution is 2.10. The van der Waals surface area contributed by atoms with Gasteiger partial charge in [-0.15, -0.1) is 13.2 Å². The van der Waals surface area contributed by atoms with Gasteiger partial charge in [0.05, 0.1) is 0 Å². The Balaban J connectivity index is 0.000000606. The fraction of sp³-hybridized carbons (Fsp3) is 0.0769.